The molecule has 3 nitrogen and oxygen atoms in total. The zero-order valence-corrected chi connectivity index (χ0v) is 12.8. The molecule has 2 N–H and O–H groups in total. The minimum absolute atomic E-state index is 0.144. The van der Waals surface area contributed by atoms with Crippen LogP contribution in [0.2, 0.25) is 0 Å². The summed E-state index contributed by atoms with van der Waals surface area (Å²) < 4.78 is 38.9. The topological polar surface area (TPSA) is 37.0 Å². The highest BCUT2D eigenvalue weighted by Crippen LogP contribution is 2.32. The lowest BCUT2D eigenvalue weighted by Crippen LogP contribution is -2.20. The first kappa shape index (κ1) is 17.6. The minimum Gasteiger partial charge on any atom is -0.370 e. The molecule has 1 aromatic rings. The molecule has 1 rings (SSSR count). The van der Waals surface area contributed by atoms with Gasteiger partial charge >= 0.3 is 6.18 Å². The van der Waals surface area contributed by atoms with Crippen molar-refractivity contribution in [3.63, 3.8) is 0 Å². The highest BCUT2D eigenvalue weighted by Gasteiger charge is 2.31. The summed E-state index contributed by atoms with van der Waals surface area (Å²) >= 11 is 0. The highest BCUT2D eigenvalue weighted by atomic mass is 19.4. The van der Waals surface area contributed by atoms with Gasteiger partial charge in [-0.2, -0.15) is 13.2 Å². The number of anilines is 2. The maximum Gasteiger partial charge on any atom is 0.416 e. The molecular weight excluding hydrogens is 279 g/mol. The van der Waals surface area contributed by atoms with Crippen molar-refractivity contribution < 1.29 is 13.2 Å². The molecule has 0 aliphatic rings. The van der Waals surface area contributed by atoms with Gasteiger partial charge in [0.25, 0.3) is 0 Å². The first-order valence-corrected chi connectivity index (χ1v) is 7.50. The predicted octanol–water partition coefficient (Wildman–Crippen LogP) is 4.91. The molecule has 0 saturated carbocycles. The molecule has 0 aliphatic carbocycles. The molecule has 120 valence electrons. The van der Waals surface area contributed by atoms with Crippen LogP contribution in [0.15, 0.2) is 12.1 Å². The predicted molar refractivity (Wildman–Crippen MR) is 80.6 cm³/mol. The third-order valence-corrected chi connectivity index (χ3v) is 3.19. The molecule has 1 aromatic heterocycles. The Labute approximate surface area is 124 Å². The Morgan fingerprint density at radius 1 is 1.10 bits per heavy atom. The zero-order valence-electron chi connectivity index (χ0n) is 12.8. The van der Waals surface area contributed by atoms with Crippen molar-refractivity contribution in [2.75, 3.05) is 17.2 Å². The second-order valence-corrected chi connectivity index (χ2v) is 5.09. The van der Waals surface area contributed by atoms with Crippen LogP contribution in [0.1, 0.15) is 52.0 Å². The van der Waals surface area contributed by atoms with Crippen molar-refractivity contribution in [2.24, 2.45) is 0 Å². The maximum atomic E-state index is 13.0. The third kappa shape index (κ3) is 5.81. The number of hydrogen-bond donors (Lipinski definition) is 2. The van der Waals surface area contributed by atoms with Gasteiger partial charge in [-0.25, -0.2) is 4.98 Å². The third-order valence-electron chi connectivity index (χ3n) is 3.19. The molecule has 0 amide bonds. The Morgan fingerprint density at radius 2 is 1.76 bits per heavy atom. The molecule has 21 heavy (non-hydrogen) atoms. The summed E-state index contributed by atoms with van der Waals surface area (Å²) in [6.07, 6.45) is -0.802. The number of aromatic nitrogens is 1. The smallest absolute Gasteiger partial charge is 0.370 e. The number of nitrogens with one attached hydrogen (secondary N) is 2. The Balaban J connectivity index is 3.00. The van der Waals surface area contributed by atoms with Crippen molar-refractivity contribution in [3.8, 4) is 0 Å². The van der Waals surface area contributed by atoms with Crippen LogP contribution < -0.4 is 10.6 Å². The second kappa shape index (κ2) is 8.10. The fourth-order valence-electron chi connectivity index (χ4n) is 2.05. The Bertz CT molecular complexity index is 433. The molecule has 0 spiro atoms. The van der Waals surface area contributed by atoms with Crippen LogP contribution in [0.3, 0.4) is 0 Å². The van der Waals surface area contributed by atoms with Crippen LogP contribution in [0.4, 0.5) is 24.8 Å². The summed E-state index contributed by atoms with van der Waals surface area (Å²) in [4.78, 5) is 4.23. The van der Waals surface area contributed by atoms with Crippen molar-refractivity contribution in [3.05, 3.63) is 17.7 Å². The summed E-state index contributed by atoms with van der Waals surface area (Å²) in [5.74, 6) is 0.546. The van der Waals surface area contributed by atoms with Gasteiger partial charge in [0.1, 0.15) is 11.6 Å². The summed E-state index contributed by atoms with van der Waals surface area (Å²) in [5, 5.41) is 6.03. The monoisotopic (exact) mass is 303 g/mol. The minimum atomic E-state index is -4.37. The van der Waals surface area contributed by atoms with E-state index < -0.39 is 11.7 Å². The van der Waals surface area contributed by atoms with E-state index in [9.17, 15) is 13.2 Å². The van der Waals surface area contributed by atoms with E-state index in [0.29, 0.717) is 6.54 Å². The standard InChI is InChI=1S/C15H24F3N3/c1-4-7-12(6-3)20-14-10-11(15(16,17)18)9-13(21-14)19-8-5-2/h9-10,12H,4-8H2,1-3H3,(H2,19,20,21). The average molecular weight is 303 g/mol. The number of hydrogen-bond acceptors (Lipinski definition) is 3. The molecule has 1 atom stereocenters. The largest absolute Gasteiger partial charge is 0.416 e. The molecular formula is C15H24F3N3. The van der Waals surface area contributed by atoms with Crippen molar-refractivity contribution in [1.29, 1.82) is 0 Å². The van der Waals surface area contributed by atoms with Gasteiger partial charge in [-0.15, -0.1) is 0 Å². The molecule has 0 bridgehead atoms. The molecule has 0 saturated heterocycles. The fraction of sp³-hybridized carbons (Fsp3) is 0.667. The van der Waals surface area contributed by atoms with Gasteiger partial charge < -0.3 is 10.6 Å². The van der Waals surface area contributed by atoms with Gasteiger partial charge in [-0.05, 0) is 31.4 Å². The summed E-state index contributed by atoms with van der Waals surface area (Å²) in [5.41, 5.74) is -0.676. The highest BCUT2D eigenvalue weighted by molar-refractivity contribution is 5.50. The van der Waals surface area contributed by atoms with Crippen LogP contribution in [0, 0.1) is 0 Å². The van der Waals surface area contributed by atoms with E-state index in [1.54, 1.807) is 0 Å². The van der Waals surface area contributed by atoms with Crippen molar-refractivity contribution in [2.45, 2.75) is 58.7 Å². The fourth-order valence-corrected chi connectivity index (χ4v) is 2.05. The maximum absolute atomic E-state index is 13.0. The summed E-state index contributed by atoms with van der Waals surface area (Å²) in [6, 6.07) is 2.28. The van der Waals surface area contributed by atoms with Gasteiger partial charge in [0, 0.05) is 12.6 Å². The van der Waals surface area contributed by atoms with Crippen LogP contribution in [-0.4, -0.2) is 17.6 Å². The molecule has 0 radical (unpaired) electrons. The van der Waals surface area contributed by atoms with Crippen molar-refractivity contribution >= 4 is 11.6 Å². The lowest BCUT2D eigenvalue weighted by atomic mass is 10.1. The second-order valence-electron chi connectivity index (χ2n) is 5.09. The van der Waals surface area contributed by atoms with Gasteiger partial charge in [0.2, 0.25) is 0 Å². The summed E-state index contributed by atoms with van der Waals surface area (Å²) in [7, 11) is 0. The van der Waals surface area contributed by atoms with Crippen molar-refractivity contribution in [1.82, 2.24) is 4.98 Å². The molecule has 0 fully saturated rings. The Kier molecular flexibility index (Phi) is 6.78. The number of halogens is 3. The first-order chi connectivity index (χ1) is 9.90. The Morgan fingerprint density at radius 3 is 2.29 bits per heavy atom. The van der Waals surface area contributed by atoms with Crippen LogP contribution in [0.25, 0.3) is 0 Å². The number of alkyl halides is 3. The van der Waals surface area contributed by atoms with E-state index in [1.807, 2.05) is 13.8 Å². The summed E-state index contributed by atoms with van der Waals surface area (Å²) in [6.45, 7) is 6.61. The lowest BCUT2D eigenvalue weighted by Gasteiger charge is -2.19. The van der Waals surface area contributed by atoms with E-state index >= 15 is 0 Å². The average Bonchev–Trinajstić information content (AvgIpc) is 2.43. The van der Waals surface area contributed by atoms with Gasteiger partial charge in [-0.1, -0.05) is 27.2 Å². The van der Waals surface area contributed by atoms with E-state index in [4.69, 9.17) is 0 Å². The molecule has 1 heterocycles. The number of rotatable bonds is 8. The van der Waals surface area contributed by atoms with Crippen LogP contribution >= 0.6 is 0 Å². The van der Waals surface area contributed by atoms with Gasteiger partial charge in [0.05, 0.1) is 5.56 Å². The lowest BCUT2D eigenvalue weighted by molar-refractivity contribution is -0.137. The SMILES string of the molecule is CCCNc1cc(C(F)(F)F)cc(NC(CC)CCC)n1. The van der Waals surface area contributed by atoms with Crippen LogP contribution in [0.5, 0.6) is 0 Å². The van der Waals surface area contributed by atoms with E-state index in [2.05, 4.69) is 22.5 Å². The molecule has 6 heteroatoms. The first-order valence-electron chi connectivity index (χ1n) is 7.50. The Hall–Kier alpha value is -1.46. The van der Waals surface area contributed by atoms with E-state index in [-0.39, 0.29) is 17.7 Å². The zero-order chi connectivity index (χ0) is 15.9. The molecule has 1 unspecified atom stereocenters. The molecule has 0 aliphatic heterocycles. The van der Waals surface area contributed by atoms with Gasteiger partial charge in [0.15, 0.2) is 0 Å². The number of nitrogens with zero attached hydrogens (tertiary/aromatic N) is 1. The van der Waals surface area contributed by atoms with E-state index in [0.717, 1.165) is 37.8 Å². The quantitative estimate of drug-likeness (QED) is 0.716. The van der Waals surface area contributed by atoms with E-state index in [1.165, 1.54) is 0 Å². The molecule has 0 aromatic carbocycles. The number of pyridine rings is 1. The van der Waals surface area contributed by atoms with Crippen LogP contribution in [-0.2, 0) is 6.18 Å². The van der Waals surface area contributed by atoms with Gasteiger partial charge in [-0.3, -0.25) is 0 Å². The normalized spacial score (nSPS) is 13.0.